The molecule has 0 radical (unpaired) electrons. The van der Waals surface area contributed by atoms with E-state index in [-0.39, 0.29) is 11.3 Å². The van der Waals surface area contributed by atoms with Crippen molar-refractivity contribution in [2.24, 2.45) is 11.1 Å². The van der Waals surface area contributed by atoms with E-state index in [1.807, 2.05) is 13.0 Å². The SMILES string of the molecule is Cc1nccc(CNC(=O)CC2(CN)CCCCC2)n1. The molecule has 1 saturated carbocycles. The van der Waals surface area contributed by atoms with Gasteiger partial charge in [-0.3, -0.25) is 4.79 Å². The molecule has 1 aliphatic rings. The minimum Gasteiger partial charge on any atom is -0.350 e. The van der Waals surface area contributed by atoms with Crippen LogP contribution in [0.15, 0.2) is 12.3 Å². The van der Waals surface area contributed by atoms with Gasteiger partial charge in [0.15, 0.2) is 0 Å². The standard InChI is InChI=1S/C15H24N4O/c1-12-17-8-5-13(19-12)10-18-14(20)9-15(11-16)6-3-2-4-7-15/h5,8H,2-4,6-7,9-11,16H2,1H3,(H,18,20). The summed E-state index contributed by atoms with van der Waals surface area (Å²) in [6.07, 6.45) is 8.04. The van der Waals surface area contributed by atoms with Gasteiger partial charge in [-0.25, -0.2) is 9.97 Å². The number of aromatic nitrogens is 2. The first-order valence-electron chi connectivity index (χ1n) is 7.39. The van der Waals surface area contributed by atoms with Crippen LogP contribution in [0.3, 0.4) is 0 Å². The Morgan fingerprint density at radius 1 is 1.40 bits per heavy atom. The van der Waals surface area contributed by atoms with E-state index in [1.54, 1.807) is 6.20 Å². The lowest BCUT2D eigenvalue weighted by Crippen LogP contribution is -2.38. The highest BCUT2D eigenvalue weighted by Gasteiger charge is 2.32. The number of amides is 1. The van der Waals surface area contributed by atoms with Crippen LogP contribution in [0.5, 0.6) is 0 Å². The predicted molar refractivity (Wildman–Crippen MR) is 77.8 cm³/mol. The Bertz CT molecular complexity index is 455. The van der Waals surface area contributed by atoms with Gasteiger partial charge in [0.05, 0.1) is 12.2 Å². The van der Waals surface area contributed by atoms with Gasteiger partial charge >= 0.3 is 0 Å². The molecule has 0 aromatic carbocycles. The molecule has 0 atom stereocenters. The van der Waals surface area contributed by atoms with Crippen LogP contribution in [-0.2, 0) is 11.3 Å². The fourth-order valence-corrected chi connectivity index (χ4v) is 2.95. The molecule has 0 bridgehead atoms. The molecule has 20 heavy (non-hydrogen) atoms. The summed E-state index contributed by atoms with van der Waals surface area (Å²) in [5, 5.41) is 2.95. The molecule has 1 amide bonds. The maximum absolute atomic E-state index is 12.1. The van der Waals surface area contributed by atoms with E-state index in [9.17, 15) is 4.79 Å². The Balaban J connectivity index is 1.85. The summed E-state index contributed by atoms with van der Waals surface area (Å²) in [4.78, 5) is 20.4. The van der Waals surface area contributed by atoms with Crippen molar-refractivity contribution in [3.63, 3.8) is 0 Å². The zero-order valence-corrected chi connectivity index (χ0v) is 12.2. The molecular weight excluding hydrogens is 252 g/mol. The van der Waals surface area contributed by atoms with E-state index in [0.717, 1.165) is 24.4 Å². The molecule has 0 spiro atoms. The molecule has 2 rings (SSSR count). The van der Waals surface area contributed by atoms with Crippen molar-refractivity contribution >= 4 is 5.91 Å². The first-order valence-corrected chi connectivity index (χ1v) is 7.39. The van der Waals surface area contributed by atoms with Gasteiger partial charge in [-0.2, -0.15) is 0 Å². The highest BCUT2D eigenvalue weighted by molar-refractivity contribution is 5.76. The lowest BCUT2D eigenvalue weighted by atomic mass is 9.71. The average molecular weight is 276 g/mol. The molecular formula is C15H24N4O. The van der Waals surface area contributed by atoms with Crippen molar-refractivity contribution in [3.05, 3.63) is 23.8 Å². The Hall–Kier alpha value is -1.49. The maximum Gasteiger partial charge on any atom is 0.220 e. The van der Waals surface area contributed by atoms with E-state index in [4.69, 9.17) is 5.73 Å². The van der Waals surface area contributed by atoms with Crippen molar-refractivity contribution in [1.29, 1.82) is 0 Å². The number of hydrogen-bond donors (Lipinski definition) is 2. The predicted octanol–water partition coefficient (Wildman–Crippen LogP) is 1.70. The van der Waals surface area contributed by atoms with Crippen LogP contribution >= 0.6 is 0 Å². The Kier molecular flexibility index (Phi) is 5.06. The van der Waals surface area contributed by atoms with Gasteiger partial charge in [-0.05, 0) is 37.8 Å². The summed E-state index contributed by atoms with van der Waals surface area (Å²) < 4.78 is 0. The van der Waals surface area contributed by atoms with Crippen LogP contribution in [0.1, 0.15) is 50.0 Å². The van der Waals surface area contributed by atoms with E-state index < -0.39 is 0 Å². The molecule has 5 nitrogen and oxygen atoms in total. The van der Waals surface area contributed by atoms with Crippen LogP contribution in [0.25, 0.3) is 0 Å². The Morgan fingerprint density at radius 3 is 2.80 bits per heavy atom. The average Bonchev–Trinajstić information content (AvgIpc) is 2.46. The third kappa shape index (κ3) is 4.00. The van der Waals surface area contributed by atoms with Crippen LogP contribution < -0.4 is 11.1 Å². The van der Waals surface area contributed by atoms with Gasteiger partial charge in [0, 0.05) is 12.6 Å². The summed E-state index contributed by atoms with van der Waals surface area (Å²) in [6, 6.07) is 1.83. The minimum atomic E-state index is 0.0178. The minimum absolute atomic E-state index is 0.0178. The quantitative estimate of drug-likeness (QED) is 0.857. The summed E-state index contributed by atoms with van der Waals surface area (Å²) >= 11 is 0. The molecule has 110 valence electrons. The monoisotopic (exact) mass is 276 g/mol. The summed E-state index contributed by atoms with van der Waals surface area (Å²) in [6.45, 7) is 2.91. The number of hydrogen-bond acceptors (Lipinski definition) is 4. The van der Waals surface area contributed by atoms with E-state index in [2.05, 4.69) is 15.3 Å². The van der Waals surface area contributed by atoms with Crippen LogP contribution in [-0.4, -0.2) is 22.4 Å². The third-order valence-electron chi connectivity index (χ3n) is 4.18. The van der Waals surface area contributed by atoms with Crippen LogP contribution in [0, 0.1) is 12.3 Å². The van der Waals surface area contributed by atoms with Crippen molar-refractivity contribution in [2.45, 2.75) is 52.0 Å². The Labute approximate surface area is 120 Å². The van der Waals surface area contributed by atoms with Gasteiger partial charge < -0.3 is 11.1 Å². The van der Waals surface area contributed by atoms with Gasteiger partial charge in [-0.15, -0.1) is 0 Å². The smallest absolute Gasteiger partial charge is 0.220 e. The molecule has 1 heterocycles. The summed E-state index contributed by atoms with van der Waals surface area (Å²) in [5.74, 6) is 0.802. The van der Waals surface area contributed by atoms with Crippen molar-refractivity contribution in [3.8, 4) is 0 Å². The second kappa shape index (κ2) is 6.79. The second-order valence-corrected chi connectivity index (χ2v) is 5.81. The first-order chi connectivity index (χ1) is 9.63. The number of aryl methyl sites for hydroxylation is 1. The lowest BCUT2D eigenvalue weighted by molar-refractivity contribution is -0.124. The normalized spacial score (nSPS) is 17.7. The van der Waals surface area contributed by atoms with Gasteiger partial charge in [0.2, 0.25) is 5.91 Å². The number of nitrogens with one attached hydrogen (secondary N) is 1. The summed E-state index contributed by atoms with van der Waals surface area (Å²) in [5.41, 5.74) is 6.77. The summed E-state index contributed by atoms with van der Waals surface area (Å²) in [7, 11) is 0. The van der Waals surface area contributed by atoms with Crippen molar-refractivity contribution < 1.29 is 4.79 Å². The number of carbonyl (C=O) groups excluding carboxylic acids is 1. The molecule has 3 N–H and O–H groups in total. The number of nitrogens with two attached hydrogens (primary N) is 1. The maximum atomic E-state index is 12.1. The molecule has 1 aliphatic carbocycles. The Morgan fingerprint density at radius 2 is 2.15 bits per heavy atom. The molecule has 0 unspecified atom stereocenters. The molecule has 1 fully saturated rings. The van der Waals surface area contributed by atoms with E-state index >= 15 is 0 Å². The number of rotatable bonds is 5. The second-order valence-electron chi connectivity index (χ2n) is 5.81. The molecule has 0 saturated heterocycles. The van der Waals surface area contributed by atoms with Gasteiger partial charge in [-0.1, -0.05) is 19.3 Å². The third-order valence-corrected chi connectivity index (χ3v) is 4.18. The fourth-order valence-electron chi connectivity index (χ4n) is 2.95. The molecule has 5 heteroatoms. The molecule has 1 aromatic rings. The first kappa shape index (κ1) is 14.9. The number of nitrogens with zero attached hydrogens (tertiary/aromatic N) is 2. The van der Waals surface area contributed by atoms with E-state index in [0.29, 0.717) is 19.5 Å². The zero-order chi connectivity index (χ0) is 14.4. The van der Waals surface area contributed by atoms with Gasteiger partial charge in [0.25, 0.3) is 0 Å². The van der Waals surface area contributed by atoms with E-state index in [1.165, 1.54) is 19.3 Å². The highest BCUT2D eigenvalue weighted by Crippen LogP contribution is 2.38. The topological polar surface area (TPSA) is 80.9 Å². The highest BCUT2D eigenvalue weighted by atomic mass is 16.1. The molecule has 0 aliphatic heterocycles. The van der Waals surface area contributed by atoms with Crippen molar-refractivity contribution in [2.75, 3.05) is 6.54 Å². The largest absolute Gasteiger partial charge is 0.350 e. The lowest BCUT2D eigenvalue weighted by Gasteiger charge is -2.35. The number of carbonyl (C=O) groups is 1. The van der Waals surface area contributed by atoms with Crippen LogP contribution in [0.4, 0.5) is 0 Å². The van der Waals surface area contributed by atoms with Gasteiger partial charge in [0.1, 0.15) is 5.82 Å². The fraction of sp³-hybridized carbons (Fsp3) is 0.667. The zero-order valence-electron chi connectivity index (χ0n) is 12.2. The van der Waals surface area contributed by atoms with Crippen molar-refractivity contribution in [1.82, 2.24) is 15.3 Å². The van der Waals surface area contributed by atoms with Crippen LogP contribution in [0.2, 0.25) is 0 Å². The molecule has 1 aromatic heterocycles.